The van der Waals surface area contributed by atoms with Gasteiger partial charge in [0.2, 0.25) is 0 Å². The molecule has 0 bridgehead atoms. The molecule has 0 saturated carbocycles. The molecule has 2 aromatic carbocycles. The van der Waals surface area contributed by atoms with E-state index in [4.69, 9.17) is 0 Å². The molecule has 0 radical (unpaired) electrons. The van der Waals surface area contributed by atoms with Crippen LogP contribution in [0.1, 0.15) is 22.3 Å². The first-order valence-corrected chi connectivity index (χ1v) is 9.38. The van der Waals surface area contributed by atoms with Crippen LogP contribution in [0.2, 0.25) is 0 Å². The fraction of sp³-hybridized carbons (Fsp3) is 0.143. The molecule has 2 nitrogen and oxygen atoms in total. The summed E-state index contributed by atoms with van der Waals surface area (Å²) in [6, 6.07) is 15.7. The summed E-state index contributed by atoms with van der Waals surface area (Å²) in [5.74, 6) is 0.790. The highest BCUT2D eigenvalue weighted by Gasteiger charge is 2.32. The first kappa shape index (κ1) is 17.8. The van der Waals surface area contributed by atoms with Crippen LogP contribution in [-0.4, -0.2) is 10.7 Å². The van der Waals surface area contributed by atoms with Crippen molar-refractivity contribution in [2.24, 2.45) is 4.99 Å². The molecular formula is C21H15F3N2S. The van der Waals surface area contributed by atoms with Crippen molar-refractivity contribution in [1.82, 2.24) is 4.98 Å². The van der Waals surface area contributed by atoms with Crippen molar-refractivity contribution < 1.29 is 13.2 Å². The van der Waals surface area contributed by atoms with E-state index in [2.05, 4.69) is 22.1 Å². The lowest BCUT2D eigenvalue weighted by Gasteiger charge is -2.08. The number of alkyl halides is 3. The smallest absolute Gasteiger partial charge is 0.264 e. The van der Waals surface area contributed by atoms with Crippen LogP contribution in [0, 0.1) is 0 Å². The zero-order valence-corrected chi connectivity index (χ0v) is 15.0. The Balaban J connectivity index is 1.60. The van der Waals surface area contributed by atoms with Crippen molar-refractivity contribution in [3.05, 3.63) is 89.2 Å². The summed E-state index contributed by atoms with van der Waals surface area (Å²) < 4.78 is 38.8. The average Bonchev–Trinajstić information content (AvgIpc) is 3.10. The number of benzene rings is 2. The van der Waals surface area contributed by atoms with E-state index in [0.717, 1.165) is 39.6 Å². The van der Waals surface area contributed by atoms with Gasteiger partial charge >= 0.3 is 6.18 Å². The van der Waals surface area contributed by atoms with Crippen LogP contribution in [0.5, 0.6) is 0 Å². The molecular weight excluding hydrogens is 369 g/mol. The third-order valence-electron chi connectivity index (χ3n) is 4.36. The molecule has 0 fully saturated rings. The molecule has 0 amide bonds. The van der Waals surface area contributed by atoms with Gasteiger partial charge in [0.1, 0.15) is 0 Å². The van der Waals surface area contributed by atoms with E-state index in [1.165, 1.54) is 11.6 Å². The van der Waals surface area contributed by atoms with E-state index >= 15 is 0 Å². The van der Waals surface area contributed by atoms with Gasteiger partial charge in [0.25, 0.3) is 0 Å². The number of nitrogens with zero attached hydrogens (tertiary/aromatic N) is 2. The maximum absolute atomic E-state index is 12.9. The molecule has 0 unspecified atom stereocenters. The van der Waals surface area contributed by atoms with E-state index in [0.29, 0.717) is 12.1 Å². The molecule has 6 heteroatoms. The van der Waals surface area contributed by atoms with Crippen molar-refractivity contribution >= 4 is 23.2 Å². The van der Waals surface area contributed by atoms with Gasteiger partial charge in [-0.05, 0) is 29.3 Å². The minimum absolute atomic E-state index is 0.399. The summed E-state index contributed by atoms with van der Waals surface area (Å²) >= 11 is 1.65. The predicted octanol–water partition coefficient (Wildman–Crippen LogP) is 6.07. The molecule has 3 aromatic rings. The monoisotopic (exact) mass is 384 g/mol. The minimum atomic E-state index is -4.36. The highest BCUT2D eigenvalue weighted by Crippen LogP contribution is 2.37. The third kappa shape index (κ3) is 3.90. The van der Waals surface area contributed by atoms with E-state index in [1.54, 1.807) is 24.2 Å². The van der Waals surface area contributed by atoms with Crippen LogP contribution in [0.25, 0.3) is 0 Å². The van der Waals surface area contributed by atoms with Crippen LogP contribution >= 0.6 is 11.8 Å². The first-order valence-electron chi connectivity index (χ1n) is 8.39. The van der Waals surface area contributed by atoms with Crippen LogP contribution in [0.15, 0.2) is 76.9 Å². The highest BCUT2D eigenvalue weighted by atomic mass is 32.2. The number of fused-ring (bicyclic) bond motifs is 1. The second-order valence-electron chi connectivity index (χ2n) is 6.22. The molecule has 136 valence electrons. The van der Waals surface area contributed by atoms with Crippen LogP contribution in [0.3, 0.4) is 0 Å². The maximum Gasteiger partial charge on any atom is 0.416 e. The van der Waals surface area contributed by atoms with Crippen molar-refractivity contribution in [2.45, 2.75) is 23.2 Å². The quantitative estimate of drug-likeness (QED) is 0.510. The van der Waals surface area contributed by atoms with E-state index < -0.39 is 11.7 Å². The number of thioether (sulfide) groups is 1. The fourth-order valence-corrected chi connectivity index (χ4v) is 3.97. The Morgan fingerprint density at radius 2 is 1.81 bits per heavy atom. The maximum atomic E-state index is 12.9. The highest BCUT2D eigenvalue weighted by molar-refractivity contribution is 7.98. The lowest BCUT2D eigenvalue weighted by atomic mass is 10.0. The van der Waals surface area contributed by atoms with Gasteiger partial charge in [0, 0.05) is 35.0 Å². The molecule has 27 heavy (non-hydrogen) atoms. The number of pyridine rings is 1. The van der Waals surface area contributed by atoms with Crippen LogP contribution in [0.4, 0.5) is 18.9 Å². The molecule has 1 aliphatic heterocycles. The zero-order valence-electron chi connectivity index (χ0n) is 14.2. The van der Waals surface area contributed by atoms with Gasteiger partial charge in [0.05, 0.1) is 17.0 Å². The predicted molar refractivity (Wildman–Crippen MR) is 102 cm³/mol. The van der Waals surface area contributed by atoms with Crippen LogP contribution < -0.4 is 0 Å². The van der Waals surface area contributed by atoms with Gasteiger partial charge in [-0.25, -0.2) is 0 Å². The molecule has 2 heterocycles. The largest absolute Gasteiger partial charge is 0.416 e. The van der Waals surface area contributed by atoms with Crippen LogP contribution in [-0.2, 0) is 18.3 Å². The summed E-state index contributed by atoms with van der Waals surface area (Å²) in [7, 11) is 0. The Morgan fingerprint density at radius 3 is 2.59 bits per heavy atom. The molecule has 0 N–H and O–H groups in total. The lowest BCUT2D eigenvalue weighted by molar-refractivity contribution is -0.137. The SMILES string of the molecule is FC(F)(F)c1ccc2c(c1)N=C(c1ccncc1SCc1ccccc1)C2. The molecule has 0 atom stereocenters. The molecule has 0 aliphatic carbocycles. The fourth-order valence-electron chi connectivity index (χ4n) is 2.98. The minimum Gasteiger partial charge on any atom is -0.264 e. The molecule has 0 spiro atoms. The summed E-state index contributed by atoms with van der Waals surface area (Å²) in [4.78, 5) is 9.66. The third-order valence-corrected chi connectivity index (χ3v) is 5.47. The molecule has 0 saturated heterocycles. The Kier molecular flexibility index (Phi) is 4.74. The molecule has 1 aromatic heterocycles. The van der Waals surface area contributed by atoms with Crippen molar-refractivity contribution in [1.29, 1.82) is 0 Å². The number of halogens is 3. The lowest BCUT2D eigenvalue weighted by Crippen LogP contribution is -2.04. The number of hydrogen-bond acceptors (Lipinski definition) is 3. The van der Waals surface area contributed by atoms with Gasteiger partial charge in [0.15, 0.2) is 0 Å². The number of hydrogen-bond donors (Lipinski definition) is 0. The first-order chi connectivity index (χ1) is 13.0. The summed E-state index contributed by atoms with van der Waals surface area (Å²) in [5, 5.41) is 0. The zero-order chi connectivity index (χ0) is 18.9. The van der Waals surface area contributed by atoms with Crippen molar-refractivity contribution in [3.8, 4) is 0 Å². The van der Waals surface area contributed by atoms with Gasteiger partial charge in [-0.3, -0.25) is 9.98 Å². The van der Waals surface area contributed by atoms with Crippen molar-refractivity contribution in [3.63, 3.8) is 0 Å². The standard InChI is InChI=1S/C21H15F3N2S/c22-21(23,24)16-7-6-15-10-19(26-18(15)11-16)17-8-9-25-12-20(17)27-13-14-4-2-1-3-5-14/h1-9,11-12H,10,13H2. The van der Waals surface area contributed by atoms with E-state index in [-0.39, 0.29) is 0 Å². The van der Waals surface area contributed by atoms with E-state index in [1.807, 2.05) is 24.3 Å². The van der Waals surface area contributed by atoms with Gasteiger partial charge < -0.3 is 0 Å². The number of rotatable bonds is 4. The Labute approximate surface area is 159 Å². The summed E-state index contributed by atoms with van der Waals surface area (Å²) in [5.41, 5.74) is 3.45. The Bertz CT molecular complexity index is 998. The Hall–Kier alpha value is -2.60. The van der Waals surface area contributed by atoms with Gasteiger partial charge in [-0.15, -0.1) is 11.8 Å². The summed E-state index contributed by atoms with van der Waals surface area (Å²) in [6.45, 7) is 0. The van der Waals surface area contributed by atoms with Gasteiger partial charge in [-0.1, -0.05) is 36.4 Å². The normalized spacial score (nSPS) is 13.4. The topological polar surface area (TPSA) is 25.2 Å². The second kappa shape index (κ2) is 7.19. The average molecular weight is 384 g/mol. The molecule has 1 aliphatic rings. The summed E-state index contributed by atoms with van der Waals surface area (Å²) in [6.07, 6.45) is -0.360. The number of aliphatic imine (C=N–C) groups is 1. The molecule has 4 rings (SSSR count). The number of aromatic nitrogens is 1. The van der Waals surface area contributed by atoms with Crippen molar-refractivity contribution in [2.75, 3.05) is 0 Å². The van der Waals surface area contributed by atoms with E-state index in [9.17, 15) is 13.2 Å². The second-order valence-corrected chi connectivity index (χ2v) is 7.24. The Morgan fingerprint density at radius 1 is 1.00 bits per heavy atom. The van der Waals surface area contributed by atoms with Gasteiger partial charge in [-0.2, -0.15) is 13.2 Å².